The van der Waals surface area contributed by atoms with Crippen LogP contribution in [-0.4, -0.2) is 32.6 Å². The van der Waals surface area contributed by atoms with E-state index in [0.29, 0.717) is 5.88 Å². The van der Waals surface area contributed by atoms with Crippen LogP contribution in [0.5, 0.6) is 0 Å². The van der Waals surface area contributed by atoms with Gasteiger partial charge < -0.3 is 5.11 Å². The summed E-state index contributed by atoms with van der Waals surface area (Å²) in [5.74, 6) is 0.303. The molecule has 1 heterocycles. The van der Waals surface area contributed by atoms with Crippen LogP contribution in [-0.2, 0) is 0 Å². The molecule has 0 aliphatic rings. The van der Waals surface area contributed by atoms with Gasteiger partial charge in [0.1, 0.15) is 17.1 Å². The SMILES string of the molecule is OC[C@H](CCl)n1nc2ccccc2n1. The van der Waals surface area contributed by atoms with Gasteiger partial charge in [0.25, 0.3) is 0 Å². The van der Waals surface area contributed by atoms with E-state index in [1.54, 1.807) is 0 Å². The Kier molecular flexibility index (Phi) is 2.65. The fraction of sp³-hybridized carbons (Fsp3) is 0.333. The van der Waals surface area contributed by atoms with E-state index in [0.717, 1.165) is 11.0 Å². The van der Waals surface area contributed by atoms with Crippen LogP contribution in [0.3, 0.4) is 0 Å². The van der Waals surface area contributed by atoms with Gasteiger partial charge in [0, 0.05) is 5.88 Å². The van der Waals surface area contributed by atoms with E-state index in [1.165, 1.54) is 4.80 Å². The first-order valence-corrected chi connectivity index (χ1v) is 4.87. The van der Waals surface area contributed by atoms with Crippen molar-refractivity contribution in [2.45, 2.75) is 6.04 Å². The molecule has 74 valence electrons. The molecule has 0 saturated carbocycles. The number of aliphatic hydroxyl groups excluding tert-OH is 1. The van der Waals surface area contributed by atoms with E-state index < -0.39 is 0 Å². The number of halogens is 1. The minimum absolute atomic E-state index is 0.0511. The van der Waals surface area contributed by atoms with Crippen LogP contribution in [0.4, 0.5) is 0 Å². The molecule has 1 N–H and O–H groups in total. The van der Waals surface area contributed by atoms with Crippen LogP contribution < -0.4 is 0 Å². The predicted octanol–water partition coefficient (Wildman–Crippen LogP) is 1.20. The van der Waals surface area contributed by atoms with Crippen molar-refractivity contribution in [3.8, 4) is 0 Å². The highest BCUT2D eigenvalue weighted by Crippen LogP contribution is 2.11. The normalized spacial score (nSPS) is 13.3. The zero-order valence-electron chi connectivity index (χ0n) is 7.47. The molecule has 0 fully saturated rings. The van der Waals surface area contributed by atoms with Crippen molar-refractivity contribution in [2.75, 3.05) is 12.5 Å². The van der Waals surface area contributed by atoms with E-state index in [2.05, 4.69) is 10.2 Å². The largest absolute Gasteiger partial charge is 0.394 e. The second-order valence-corrected chi connectivity index (χ2v) is 3.31. The summed E-state index contributed by atoms with van der Waals surface area (Å²) in [5, 5.41) is 17.5. The highest BCUT2D eigenvalue weighted by atomic mass is 35.5. The van der Waals surface area contributed by atoms with Crippen LogP contribution in [0.25, 0.3) is 11.0 Å². The first-order chi connectivity index (χ1) is 6.85. The number of hydrogen-bond donors (Lipinski definition) is 1. The summed E-state index contributed by atoms with van der Waals surface area (Å²) in [5.41, 5.74) is 1.63. The molecule has 4 nitrogen and oxygen atoms in total. The second-order valence-electron chi connectivity index (χ2n) is 3.00. The third kappa shape index (κ3) is 1.58. The molecule has 1 aromatic heterocycles. The third-order valence-corrected chi connectivity index (χ3v) is 2.37. The summed E-state index contributed by atoms with van der Waals surface area (Å²) < 4.78 is 0. The zero-order valence-corrected chi connectivity index (χ0v) is 8.22. The molecular weight excluding hydrogens is 202 g/mol. The van der Waals surface area contributed by atoms with Crippen LogP contribution in [0.1, 0.15) is 6.04 Å². The van der Waals surface area contributed by atoms with Crippen molar-refractivity contribution in [3.05, 3.63) is 24.3 Å². The fourth-order valence-electron chi connectivity index (χ4n) is 1.22. The summed E-state index contributed by atoms with van der Waals surface area (Å²) in [6.07, 6.45) is 0. The van der Waals surface area contributed by atoms with Gasteiger partial charge in [-0.1, -0.05) is 12.1 Å². The number of aliphatic hydroxyl groups is 1. The Balaban J connectivity index is 2.43. The van der Waals surface area contributed by atoms with Crippen molar-refractivity contribution in [3.63, 3.8) is 0 Å². The fourth-order valence-corrected chi connectivity index (χ4v) is 1.44. The zero-order chi connectivity index (χ0) is 9.97. The predicted molar refractivity (Wildman–Crippen MR) is 54.4 cm³/mol. The molecule has 0 spiro atoms. The van der Waals surface area contributed by atoms with Gasteiger partial charge in [-0.25, -0.2) is 0 Å². The monoisotopic (exact) mass is 211 g/mol. The number of hydrogen-bond acceptors (Lipinski definition) is 3. The lowest BCUT2D eigenvalue weighted by Gasteiger charge is -2.07. The molecule has 0 aliphatic heterocycles. The Bertz CT molecular complexity index is 392. The minimum Gasteiger partial charge on any atom is -0.394 e. The van der Waals surface area contributed by atoms with Gasteiger partial charge in [-0.15, -0.1) is 11.6 Å². The van der Waals surface area contributed by atoms with Gasteiger partial charge in [0.05, 0.1) is 6.61 Å². The molecule has 0 saturated heterocycles. The average Bonchev–Trinajstić information content (AvgIpc) is 2.63. The highest BCUT2D eigenvalue weighted by Gasteiger charge is 2.11. The molecule has 0 bridgehead atoms. The number of alkyl halides is 1. The maximum Gasteiger partial charge on any atom is 0.113 e. The second kappa shape index (κ2) is 3.94. The van der Waals surface area contributed by atoms with E-state index in [9.17, 15) is 0 Å². The number of fused-ring (bicyclic) bond motifs is 1. The molecule has 14 heavy (non-hydrogen) atoms. The van der Waals surface area contributed by atoms with Gasteiger partial charge >= 0.3 is 0 Å². The number of rotatable bonds is 3. The quantitative estimate of drug-likeness (QED) is 0.777. The number of nitrogens with zero attached hydrogens (tertiary/aromatic N) is 3. The van der Waals surface area contributed by atoms with Crippen LogP contribution in [0.2, 0.25) is 0 Å². The summed E-state index contributed by atoms with van der Waals surface area (Å²) >= 11 is 5.67. The van der Waals surface area contributed by atoms with E-state index in [1.807, 2.05) is 24.3 Å². The Morgan fingerprint density at radius 2 is 1.86 bits per heavy atom. The first-order valence-electron chi connectivity index (χ1n) is 4.33. The van der Waals surface area contributed by atoms with Crippen LogP contribution in [0, 0.1) is 0 Å². The molecule has 1 aromatic carbocycles. The Labute approximate surface area is 86.1 Å². The molecule has 5 heteroatoms. The molecule has 2 aromatic rings. The molecule has 0 unspecified atom stereocenters. The highest BCUT2D eigenvalue weighted by molar-refractivity contribution is 6.18. The van der Waals surface area contributed by atoms with Crippen molar-refractivity contribution in [1.82, 2.24) is 15.0 Å². The number of aromatic nitrogens is 3. The summed E-state index contributed by atoms with van der Waals surface area (Å²) in [6, 6.07) is 7.30. The van der Waals surface area contributed by atoms with Crippen LogP contribution >= 0.6 is 11.6 Å². The van der Waals surface area contributed by atoms with Crippen molar-refractivity contribution in [2.24, 2.45) is 0 Å². The van der Waals surface area contributed by atoms with Gasteiger partial charge in [-0.3, -0.25) is 0 Å². The maximum atomic E-state index is 9.02. The van der Waals surface area contributed by atoms with E-state index in [-0.39, 0.29) is 12.6 Å². The smallest absolute Gasteiger partial charge is 0.113 e. The summed E-state index contributed by atoms with van der Waals surface area (Å²) in [7, 11) is 0. The lowest BCUT2D eigenvalue weighted by molar-refractivity contribution is 0.221. The average molecular weight is 212 g/mol. The molecule has 2 rings (SSSR count). The van der Waals surface area contributed by atoms with Gasteiger partial charge in [0.2, 0.25) is 0 Å². The van der Waals surface area contributed by atoms with Crippen molar-refractivity contribution in [1.29, 1.82) is 0 Å². The number of benzene rings is 1. The lowest BCUT2D eigenvalue weighted by atomic mass is 10.3. The topological polar surface area (TPSA) is 50.9 Å². The van der Waals surface area contributed by atoms with Crippen molar-refractivity contribution < 1.29 is 5.11 Å². The first kappa shape index (κ1) is 9.43. The summed E-state index contributed by atoms with van der Waals surface area (Å²) in [4.78, 5) is 1.47. The minimum atomic E-state index is -0.246. The molecule has 1 atom stereocenters. The van der Waals surface area contributed by atoms with Gasteiger partial charge in [-0.2, -0.15) is 15.0 Å². The Morgan fingerprint density at radius 1 is 1.29 bits per heavy atom. The maximum absolute atomic E-state index is 9.02. The van der Waals surface area contributed by atoms with Crippen molar-refractivity contribution >= 4 is 22.6 Å². The van der Waals surface area contributed by atoms with E-state index >= 15 is 0 Å². The Morgan fingerprint density at radius 3 is 2.29 bits per heavy atom. The van der Waals surface area contributed by atoms with Crippen LogP contribution in [0.15, 0.2) is 24.3 Å². The molecular formula is C9H10ClN3O. The Hall–Kier alpha value is -1.13. The van der Waals surface area contributed by atoms with E-state index in [4.69, 9.17) is 16.7 Å². The summed E-state index contributed by atoms with van der Waals surface area (Å²) in [6.45, 7) is -0.0511. The lowest BCUT2D eigenvalue weighted by Crippen LogP contribution is -2.17. The molecule has 0 aliphatic carbocycles. The molecule has 0 amide bonds. The standard InChI is InChI=1S/C9H10ClN3O/c10-5-7(6-14)13-11-8-3-1-2-4-9(8)12-13/h1-4,7,14H,5-6H2/t7-/m0/s1. The van der Waals surface area contributed by atoms with Gasteiger partial charge in [-0.05, 0) is 12.1 Å². The molecule has 0 radical (unpaired) electrons. The third-order valence-electron chi connectivity index (χ3n) is 2.02. The van der Waals surface area contributed by atoms with Gasteiger partial charge in [0.15, 0.2) is 0 Å².